The zero-order valence-corrected chi connectivity index (χ0v) is 17.6. The van der Waals surface area contributed by atoms with Gasteiger partial charge in [-0.2, -0.15) is 9.97 Å². The molecule has 6 rings (SSSR count). The molecule has 1 aromatic carbocycles. The average Bonchev–Trinajstić information content (AvgIpc) is 3.40. The fourth-order valence-electron chi connectivity index (χ4n) is 5.11. The summed E-state index contributed by atoms with van der Waals surface area (Å²) in [5.74, 6) is 0.651. The predicted octanol–water partition coefficient (Wildman–Crippen LogP) is 0.337. The molecule has 1 spiro atoms. The molecule has 166 valence electrons. The quantitative estimate of drug-likeness (QED) is 0.476. The standard InChI is InChI=1S/C21H20ClN5O5/c22-20-24-17(26-7-21(8-26)5-10-3-1-2-4-11(10)16(21)31)13-18(25-20)27(9-23-13)19-15(30)14(29)12(6-28)32-19/h1-4,9,12,14-15,19,28-30H,5-8H2/t12-,14-,15-,19-/m1/s1. The molecule has 3 aromatic rings. The van der Waals surface area contributed by atoms with Crippen LogP contribution in [0.3, 0.4) is 0 Å². The number of fused-ring (bicyclic) bond motifs is 2. The number of carbonyl (C=O) groups excluding carboxylic acids is 1. The van der Waals surface area contributed by atoms with E-state index in [0.717, 1.165) is 11.1 Å². The highest BCUT2D eigenvalue weighted by Gasteiger charge is 2.54. The molecule has 0 bridgehead atoms. The fraction of sp³-hybridized carbons (Fsp3) is 0.429. The molecule has 0 unspecified atom stereocenters. The summed E-state index contributed by atoms with van der Waals surface area (Å²) in [6.07, 6.45) is -2.30. The van der Waals surface area contributed by atoms with Gasteiger partial charge in [0, 0.05) is 18.7 Å². The molecular weight excluding hydrogens is 438 g/mol. The van der Waals surface area contributed by atoms with Crippen LogP contribution in [0.25, 0.3) is 11.2 Å². The first kappa shape index (κ1) is 20.0. The van der Waals surface area contributed by atoms with Crippen molar-refractivity contribution in [3.63, 3.8) is 0 Å². The number of anilines is 1. The second-order valence-corrected chi connectivity index (χ2v) is 9.01. The highest BCUT2D eigenvalue weighted by atomic mass is 35.5. The molecule has 0 radical (unpaired) electrons. The fourth-order valence-corrected chi connectivity index (χ4v) is 5.27. The van der Waals surface area contributed by atoms with Crippen LogP contribution >= 0.6 is 11.6 Å². The van der Waals surface area contributed by atoms with Crippen molar-refractivity contribution in [1.29, 1.82) is 0 Å². The van der Waals surface area contributed by atoms with Gasteiger partial charge >= 0.3 is 0 Å². The zero-order valence-electron chi connectivity index (χ0n) is 16.8. The van der Waals surface area contributed by atoms with Gasteiger partial charge in [-0.05, 0) is 23.6 Å². The smallest absolute Gasteiger partial charge is 0.226 e. The lowest BCUT2D eigenvalue weighted by atomic mass is 9.76. The van der Waals surface area contributed by atoms with Gasteiger partial charge in [-0.25, -0.2) is 4.98 Å². The summed E-state index contributed by atoms with van der Waals surface area (Å²) >= 11 is 6.21. The van der Waals surface area contributed by atoms with Gasteiger partial charge in [-0.3, -0.25) is 9.36 Å². The Bertz CT molecular complexity index is 1240. The Morgan fingerprint density at radius 1 is 1.19 bits per heavy atom. The Hall–Kier alpha value is -2.63. The number of aromatic nitrogens is 4. The van der Waals surface area contributed by atoms with Crippen LogP contribution in [0.15, 0.2) is 30.6 Å². The third-order valence-corrected chi connectivity index (χ3v) is 6.90. The lowest BCUT2D eigenvalue weighted by Gasteiger charge is -2.47. The molecule has 2 aliphatic heterocycles. The van der Waals surface area contributed by atoms with E-state index < -0.39 is 36.6 Å². The maximum absolute atomic E-state index is 13.0. The second-order valence-electron chi connectivity index (χ2n) is 8.67. The molecule has 32 heavy (non-hydrogen) atoms. The summed E-state index contributed by atoms with van der Waals surface area (Å²) in [5.41, 5.74) is 2.16. The van der Waals surface area contributed by atoms with Crippen LogP contribution in [0.2, 0.25) is 5.28 Å². The minimum absolute atomic E-state index is 0.0111. The van der Waals surface area contributed by atoms with E-state index >= 15 is 0 Å². The van der Waals surface area contributed by atoms with Crippen molar-refractivity contribution in [2.24, 2.45) is 5.41 Å². The van der Waals surface area contributed by atoms with Crippen LogP contribution in [0.4, 0.5) is 5.82 Å². The summed E-state index contributed by atoms with van der Waals surface area (Å²) in [4.78, 5) is 28.0. The lowest BCUT2D eigenvalue weighted by Crippen LogP contribution is -2.60. The number of aliphatic hydroxyl groups excluding tert-OH is 3. The number of nitrogens with zero attached hydrogens (tertiary/aromatic N) is 5. The second kappa shape index (κ2) is 6.93. The maximum Gasteiger partial charge on any atom is 0.226 e. The van der Waals surface area contributed by atoms with Gasteiger partial charge in [0.15, 0.2) is 29.0 Å². The molecule has 3 aliphatic rings. The Labute approximate surface area is 187 Å². The Morgan fingerprint density at radius 2 is 1.97 bits per heavy atom. The van der Waals surface area contributed by atoms with Crippen molar-refractivity contribution in [2.45, 2.75) is 31.0 Å². The first-order chi connectivity index (χ1) is 15.4. The molecule has 2 saturated heterocycles. The van der Waals surface area contributed by atoms with E-state index in [-0.39, 0.29) is 11.1 Å². The van der Waals surface area contributed by atoms with Crippen LogP contribution in [-0.4, -0.2) is 78.6 Å². The Morgan fingerprint density at radius 3 is 2.69 bits per heavy atom. The van der Waals surface area contributed by atoms with Crippen molar-refractivity contribution in [1.82, 2.24) is 19.5 Å². The lowest BCUT2D eigenvalue weighted by molar-refractivity contribution is -0.0511. The molecule has 0 saturated carbocycles. The van der Waals surface area contributed by atoms with Crippen LogP contribution in [-0.2, 0) is 11.2 Å². The van der Waals surface area contributed by atoms with Gasteiger partial charge in [0.1, 0.15) is 18.3 Å². The van der Waals surface area contributed by atoms with Gasteiger partial charge in [0.2, 0.25) is 5.28 Å². The highest BCUT2D eigenvalue weighted by Crippen LogP contribution is 2.46. The monoisotopic (exact) mass is 457 g/mol. The van der Waals surface area contributed by atoms with E-state index in [4.69, 9.17) is 16.3 Å². The van der Waals surface area contributed by atoms with Gasteiger partial charge in [-0.15, -0.1) is 0 Å². The normalized spacial score (nSPS) is 28.5. The third kappa shape index (κ3) is 2.67. The van der Waals surface area contributed by atoms with Gasteiger partial charge < -0.3 is 25.0 Å². The van der Waals surface area contributed by atoms with Crippen molar-refractivity contribution >= 4 is 34.4 Å². The van der Waals surface area contributed by atoms with E-state index in [0.29, 0.717) is 36.5 Å². The van der Waals surface area contributed by atoms with Crippen molar-refractivity contribution < 1.29 is 24.9 Å². The summed E-state index contributed by atoms with van der Waals surface area (Å²) in [5, 5.41) is 29.8. The van der Waals surface area contributed by atoms with Crippen molar-refractivity contribution in [2.75, 3.05) is 24.6 Å². The molecule has 10 nitrogen and oxygen atoms in total. The van der Waals surface area contributed by atoms with E-state index in [1.165, 1.54) is 10.9 Å². The molecule has 4 heterocycles. The average molecular weight is 458 g/mol. The molecular formula is C21H20ClN5O5. The number of halogens is 1. The SMILES string of the molecule is O=C1c2ccccc2CC12CN(c1nc(Cl)nc3c1ncn3[C@@H]1O[C@H](CO)[C@@H](O)[C@H]1O)C2. The number of hydrogen-bond donors (Lipinski definition) is 3. The number of imidazole rings is 1. The Kier molecular flexibility index (Phi) is 4.33. The minimum Gasteiger partial charge on any atom is -0.394 e. The van der Waals surface area contributed by atoms with Crippen LogP contribution < -0.4 is 4.90 Å². The van der Waals surface area contributed by atoms with Crippen LogP contribution in [0.1, 0.15) is 22.1 Å². The predicted molar refractivity (Wildman–Crippen MR) is 112 cm³/mol. The molecule has 3 N–H and O–H groups in total. The largest absolute Gasteiger partial charge is 0.394 e. The number of aliphatic hydroxyl groups is 3. The third-order valence-electron chi connectivity index (χ3n) is 6.73. The van der Waals surface area contributed by atoms with E-state index in [9.17, 15) is 20.1 Å². The number of ether oxygens (including phenoxy) is 1. The summed E-state index contributed by atoms with van der Waals surface area (Å²) < 4.78 is 7.08. The van der Waals surface area contributed by atoms with Gasteiger partial charge in [0.05, 0.1) is 18.3 Å². The maximum atomic E-state index is 13.0. The topological polar surface area (TPSA) is 134 Å². The van der Waals surface area contributed by atoms with Crippen LogP contribution in [0.5, 0.6) is 0 Å². The number of rotatable bonds is 3. The summed E-state index contributed by atoms with van der Waals surface area (Å²) in [6, 6.07) is 7.69. The van der Waals surface area contributed by atoms with Crippen molar-refractivity contribution in [3.05, 3.63) is 47.0 Å². The number of ketones is 1. The molecule has 1 aliphatic carbocycles. The van der Waals surface area contributed by atoms with Crippen molar-refractivity contribution in [3.8, 4) is 0 Å². The number of carbonyl (C=O) groups is 1. The number of hydrogen-bond acceptors (Lipinski definition) is 9. The highest BCUT2D eigenvalue weighted by molar-refractivity contribution is 6.28. The zero-order chi connectivity index (χ0) is 22.2. The van der Waals surface area contributed by atoms with E-state index in [2.05, 4.69) is 15.0 Å². The molecule has 2 fully saturated rings. The first-order valence-electron chi connectivity index (χ1n) is 10.3. The minimum atomic E-state index is -1.27. The Balaban J connectivity index is 1.32. The number of Topliss-reactive ketones (excluding diaryl/α,β-unsaturated/α-hetero) is 1. The first-order valence-corrected chi connectivity index (χ1v) is 10.7. The van der Waals surface area contributed by atoms with Gasteiger partial charge in [0.25, 0.3) is 0 Å². The molecule has 4 atom stereocenters. The summed E-state index contributed by atoms with van der Waals surface area (Å²) in [7, 11) is 0. The summed E-state index contributed by atoms with van der Waals surface area (Å²) in [6.45, 7) is 0.544. The van der Waals surface area contributed by atoms with E-state index in [1.54, 1.807) is 0 Å². The van der Waals surface area contributed by atoms with E-state index in [1.807, 2.05) is 29.2 Å². The number of benzene rings is 1. The van der Waals surface area contributed by atoms with Crippen LogP contribution in [0, 0.1) is 5.41 Å². The molecule has 0 amide bonds. The van der Waals surface area contributed by atoms with Gasteiger partial charge in [-0.1, -0.05) is 24.3 Å². The molecule has 11 heteroatoms. The molecule has 2 aromatic heterocycles.